The van der Waals surface area contributed by atoms with Crippen LogP contribution in [0.25, 0.3) is 0 Å². The van der Waals surface area contributed by atoms with E-state index in [0.29, 0.717) is 22.2 Å². The van der Waals surface area contributed by atoms with Crippen LogP contribution < -0.4 is 5.32 Å². The summed E-state index contributed by atoms with van der Waals surface area (Å²) in [5, 5.41) is 14.6. The molecule has 0 radical (unpaired) electrons. The molecule has 20 heavy (non-hydrogen) atoms. The molecule has 1 aromatic rings. The standard InChI is InChI=1S/C16H21Cl2NO/c17-13-6-7-15(18)14(10-13)16(20)11-19-9-8-12-4-2-1-3-5-12/h4,6-7,10,16,19-20H,1-3,5,8-9,11H2. The molecule has 0 bridgehead atoms. The van der Waals surface area contributed by atoms with Crippen molar-refractivity contribution < 1.29 is 5.11 Å². The van der Waals surface area contributed by atoms with E-state index < -0.39 is 6.10 Å². The molecule has 4 heteroatoms. The van der Waals surface area contributed by atoms with Crippen molar-refractivity contribution >= 4 is 23.2 Å². The SMILES string of the molecule is OC(CNCCC1=CCCCC1)c1cc(Cl)ccc1Cl. The molecule has 0 saturated carbocycles. The molecule has 0 amide bonds. The normalized spacial score (nSPS) is 16.9. The molecule has 0 fully saturated rings. The van der Waals surface area contributed by atoms with E-state index in [1.54, 1.807) is 23.8 Å². The Labute approximate surface area is 130 Å². The predicted molar refractivity (Wildman–Crippen MR) is 85.5 cm³/mol. The minimum absolute atomic E-state index is 0.493. The molecule has 1 atom stereocenters. The molecule has 0 saturated heterocycles. The van der Waals surface area contributed by atoms with E-state index in [-0.39, 0.29) is 0 Å². The van der Waals surface area contributed by atoms with Gasteiger partial charge in [0.2, 0.25) is 0 Å². The largest absolute Gasteiger partial charge is 0.387 e. The Morgan fingerprint density at radius 2 is 2.10 bits per heavy atom. The van der Waals surface area contributed by atoms with Gasteiger partial charge in [-0.25, -0.2) is 0 Å². The van der Waals surface area contributed by atoms with Gasteiger partial charge in [-0.05, 0) is 56.8 Å². The van der Waals surface area contributed by atoms with Crippen molar-refractivity contribution in [3.63, 3.8) is 0 Å². The van der Waals surface area contributed by atoms with Gasteiger partial charge < -0.3 is 10.4 Å². The summed E-state index contributed by atoms with van der Waals surface area (Å²) in [4.78, 5) is 0. The Morgan fingerprint density at radius 1 is 1.25 bits per heavy atom. The summed E-state index contributed by atoms with van der Waals surface area (Å²) in [7, 11) is 0. The summed E-state index contributed by atoms with van der Waals surface area (Å²) < 4.78 is 0. The van der Waals surface area contributed by atoms with Gasteiger partial charge in [0.25, 0.3) is 0 Å². The Kier molecular flexibility index (Phi) is 6.37. The number of benzene rings is 1. The van der Waals surface area contributed by atoms with Gasteiger partial charge >= 0.3 is 0 Å². The van der Waals surface area contributed by atoms with Crippen molar-refractivity contribution in [3.8, 4) is 0 Å². The molecule has 2 nitrogen and oxygen atoms in total. The first kappa shape index (κ1) is 15.8. The Morgan fingerprint density at radius 3 is 2.85 bits per heavy atom. The zero-order valence-electron chi connectivity index (χ0n) is 11.5. The first-order valence-corrected chi connectivity index (χ1v) is 7.94. The number of rotatable bonds is 6. The fourth-order valence-electron chi connectivity index (χ4n) is 2.50. The third kappa shape index (κ3) is 4.78. The van der Waals surface area contributed by atoms with Crippen molar-refractivity contribution in [2.75, 3.05) is 13.1 Å². The maximum Gasteiger partial charge on any atom is 0.0929 e. The first-order valence-electron chi connectivity index (χ1n) is 7.18. The van der Waals surface area contributed by atoms with Gasteiger partial charge in [0, 0.05) is 22.2 Å². The van der Waals surface area contributed by atoms with Gasteiger partial charge in [-0.3, -0.25) is 0 Å². The molecular weight excluding hydrogens is 293 g/mol. The highest BCUT2D eigenvalue weighted by Crippen LogP contribution is 2.26. The summed E-state index contributed by atoms with van der Waals surface area (Å²) in [6.45, 7) is 1.38. The number of allylic oxidation sites excluding steroid dienone is 1. The summed E-state index contributed by atoms with van der Waals surface area (Å²) in [6.07, 6.45) is 7.88. The number of hydrogen-bond acceptors (Lipinski definition) is 2. The smallest absolute Gasteiger partial charge is 0.0929 e. The van der Waals surface area contributed by atoms with Gasteiger partial charge in [0.15, 0.2) is 0 Å². The minimum Gasteiger partial charge on any atom is -0.387 e. The van der Waals surface area contributed by atoms with Crippen LogP contribution in [0.2, 0.25) is 10.0 Å². The van der Waals surface area contributed by atoms with Crippen LogP contribution in [-0.2, 0) is 0 Å². The third-order valence-electron chi connectivity index (χ3n) is 3.66. The zero-order chi connectivity index (χ0) is 14.4. The lowest BCUT2D eigenvalue weighted by Crippen LogP contribution is -2.23. The van der Waals surface area contributed by atoms with E-state index in [1.807, 2.05) is 0 Å². The lowest BCUT2D eigenvalue weighted by atomic mass is 9.97. The molecule has 1 aliphatic carbocycles. The summed E-state index contributed by atoms with van der Waals surface area (Å²) >= 11 is 12.0. The number of aliphatic hydroxyl groups is 1. The molecule has 0 heterocycles. The number of hydrogen-bond donors (Lipinski definition) is 2. The molecule has 0 aliphatic heterocycles. The van der Waals surface area contributed by atoms with Crippen LogP contribution in [0.3, 0.4) is 0 Å². The number of aliphatic hydroxyl groups excluding tert-OH is 1. The number of halogens is 2. The third-order valence-corrected chi connectivity index (χ3v) is 4.24. The maximum absolute atomic E-state index is 10.1. The van der Waals surface area contributed by atoms with Crippen LogP contribution in [-0.4, -0.2) is 18.2 Å². The molecular formula is C16H21Cl2NO. The van der Waals surface area contributed by atoms with Gasteiger partial charge in [0.1, 0.15) is 0 Å². The van der Waals surface area contributed by atoms with Crippen molar-refractivity contribution in [1.82, 2.24) is 5.32 Å². The molecule has 2 N–H and O–H groups in total. The molecule has 2 rings (SSSR count). The Balaban J connectivity index is 1.76. The van der Waals surface area contributed by atoms with Crippen LogP contribution >= 0.6 is 23.2 Å². The van der Waals surface area contributed by atoms with Crippen LogP contribution in [0.4, 0.5) is 0 Å². The second-order valence-electron chi connectivity index (χ2n) is 5.24. The fourth-order valence-corrected chi connectivity index (χ4v) is 2.92. The highest BCUT2D eigenvalue weighted by molar-refractivity contribution is 6.33. The molecule has 1 aliphatic rings. The second kappa shape index (κ2) is 8.04. The molecule has 110 valence electrons. The van der Waals surface area contributed by atoms with Crippen molar-refractivity contribution in [2.24, 2.45) is 0 Å². The van der Waals surface area contributed by atoms with Gasteiger partial charge in [0.05, 0.1) is 6.10 Å². The van der Waals surface area contributed by atoms with E-state index >= 15 is 0 Å². The van der Waals surface area contributed by atoms with Crippen LogP contribution in [0.5, 0.6) is 0 Å². The average Bonchev–Trinajstić information content (AvgIpc) is 2.47. The Bertz CT molecular complexity index is 474. The van der Waals surface area contributed by atoms with E-state index in [0.717, 1.165) is 13.0 Å². The lowest BCUT2D eigenvalue weighted by Gasteiger charge is -2.16. The zero-order valence-corrected chi connectivity index (χ0v) is 13.1. The van der Waals surface area contributed by atoms with Crippen LogP contribution in [0.15, 0.2) is 29.8 Å². The molecule has 1 aromatic carbocycles. The van der Waals surface area contributed by atoms with Gasteiger partial charge in [-0.1, -0.05) is 34.9 Å². The van der Waals surface area contributed by atoms with E-state index in [9.17, 15) is 5.11 Å². The maximum atomic E-state index is 10.1. The van der Waals surface area contributed by atoms with E-state index in [2.05, 4.69) is 11.4 Å². The van der Waals surface area contributed by atoms with Crippen molar-refractivity contribution in [2.45, 2.75) is 38.2 Å². The summed E-state index contributed by atoms with van der Waals surface area (Å²) in [6, 6.07) is 5.16. The quantitative estimate of drug-likeness (QED) is 0.598. The molecule has 0 spiro atoms. The summed E-state index contributed by atoms with van der Waals surface area (Å²) in [5.74, 6) is 0. The second-order valence-corrected chi connectivity index (χ2v) is 6.09. The van der Waals surface area contributed by atoms with Crippen LogP contribution in [0.1, 0.15) is 43.8 Å². The highest BCUT2D eigenvalue weighted by Gasteiger charge is 2.12. The van der Waals surface area contributed by atoms with Crippen molar-refractivity contribution in [3.05, 3.63) is 45.5 Å². The average molecular weight is 314 g/mol. The number of nitrogens with one attached hydrogen (secondary N) is 1. The topological polar surface area (TPSA) is 32.3 Å². The van der Waals surface area contributed by atoms with E-state index in [4.69, 9.17) is 23.2 Å². The first-order chi connectivity index (χ1) is 9.66. The highest BCUT2D eigenvalue weighted by atomic mass is 35.5. The Hall–Kier alpha value is -0.540. The lowest BCUT2D eigenvalue weighted by molar-refractivity contribution is 0.175. The summed E-state index contributed by atoms with van der Waals surface area (Å²) in [5.41, 5.74) is 2.22. The predicted octanol–water partition coefficient (Wildman–Crippen LogP) is 4.51. The monoisotopic (exact) mass is 313 g/mol. The van der Waals surface area contributed by atoms with Crippen LogP contribution in [0, 0.1) is 0 Å². The fraction of sp³-hybridized carbons (Fsp3) is 0.500. The molecule has 0 aromatic heterocycles. The van der Waals surface area contributed by atoms with Crippen molar-refractivity contribution in [1.29, 1.82) is 0 Å². The van der Waals surface area contributed by atoms with Gasteiger partial charge in [-0.15, -0.1) is 0 Å². The van der Waals surface area contributed by atoms with E-state index in [1.165, 1.54) is 25.7 Å². The minimum atomic E-state index is -0.624. The van der Waals surface area contributed by atoms with Gasteiger partial charge in [-0.2, -0.15) is 0 Å². The molecule has 1 unspecified atom stereocenters.